The van der Waals surface area contributed by atoms with Crippen LogP contribution < -0.4 is 5.32 Å². The minimum Gasteiger partial charge on any atom is -0.362 e. The lowest BCUT2D eigenvalue weighted by molar-refractivity contribution is 0.796. The smallest absolute Gasteiger partial charge is 0.199 e. The van der Waals surface area contributed by atoms with Crippen molar-refractivity contribution in [2.45, 2.75) is 13.0 Å². The molecular weight excluding hydrogens is 264 g/mol. The number of fused-ring (bicyclic) bond motifs is 1. The number of hydrogen-bond acceptors (Lipinski definition) is 5. The first kappa shape index (κ1) is 11.9. The number of halogens is 1. The van der Waals surface area contributed by atoms with Gasteiger partial charge in [0.25, 0.3) is 0 Å². The summed E-state index contributed by atoms with van der Waals surface area (Å²) in [6.07, 6.45) is 3.29. The second kappa shape index (κ2) is 4.81. The highest BCUT2D eigenvalue weighted by Crippen LogP contribution is 2.21. The maximum atomic E-state index is 5.99. The lowest BCUT2D eigenvalue weighted by Gasteiger charge is -2.15. The molecule has 0 radical (unpaired) electrons. The molecule has 1 atom stereocenters. The highest BCUT2D eigenvalue weighted by molar-refractivity contribution is 6.30. The third-order valence-corrected chi connectivity index (χ3v) is 3.06. The molecule has 0 saturated carbocycles. The van der Waals surface area contributed by atoms with Crippen LogP contribution in [0.5, 0.6) is 0 Å². The van der Waals surface area contributed by atoms with E-state index in [0.29, 0.717) is 10.7 Å². The summed E-state index contributed by atoms with van der Waals surface area (Å²) in [7, 11) is 0. The van der Waals surface area contributed by atoms with Gasteiger partial charge in [-0.2, -0.15) is 4.52 Å². The molecule has 0 amide bonds. The van der Waals surface area contributed by atoms with Gasteiger partial charge in [-0.3, -0.25) is 4.98 Å². The maximum absolute atomic E-state index is 5.99. The van der Waals surface area contributed by atoms with Crippen molar-refractivity contribution in [2.75, 3.05) is 5.32 Å². The summed E-state index contributed by atoms with van der Waals surface area (Å²) in [5, 5.41) is 15.4. The van der Waals surface area contributed by atoms with Gasteiger partial charge < -0.3 is 5.32 Å². The van der Waals surface area contributed by atoms with Crippen molar-refractivity contribution in [2.24, 2.45) is 0 Å². The Morgan fingerprint density at radius 2 is 2.21 bits per heavy atom. The van der Waals surface area contributed by atoms with Gasteiger partial charge in [-0.25, -0.2) is 0 Å². The topological polar surface area (TPSA) is 68.0 Å². The predicted molar refractivity (Wildman–Crippen MR) is 72.1 cm³/mol. The van der Waals surface area contributed by atoms with Crippen LogP contribution in [0.3, 0.4) is 0 Å². The zero-order valence-electron chi connectivity index (χ0n) is 10.2. The molecule has 2 heterocycles. The second-order valence-corrected chi connectivity index (χ2v) is 4.60. The summed E-state index contributed by atoms with van der Waals surface area (Å²) in [4.78, 5) is 4.10. The van der Waals surface area contributed by atoms with E-state index in [1.54, 1.807) is 16.9 Å². The van der Waals surface area contributed by atoms with E-state index in [1.807, 2.05) is 31.2 Å². The molecule has 2 aromatic heterocycles. The molecule has 0 bridgehead atoms. The molecule has 3 aromatic rings. The fourth-order valence-electron chi connectivity index (χ4n) is 1.85. The van der Waals surface area contributed by atoms with Crippen LogP contribution in [0.25, 0.3) is 5.65 Å². The Balaban J connectivity index is 1.90. The number of benzene rings is 1. The Labute approximate surface area is 114 Å². The van der Waals surface area contributed by atoms with Crippen LogP contribution in [-0.4, -0.2) is 25.0 Å². The number of hydrogen-bond donors (Lipinski definition) is 1. The van der Waals surface area contributed by atoms with Crippen molar-refractivity contribution in [1.29, 1.82) is 0 Å². The fourth-order valence-corrected chi connectivity index (χ4v) is 2.05. The molecule has 0 aliphatic heterocycles. The van der Waals surface area contributed by atoms with E-state index in [9.17, 15) is 0 Å². The SMILES string of the molecule is CC(Nc1cncc2nnnn12)c1cccc(Cl)c1. The first-order chi connectivity index (χ1) is 9.24. The molecule has 0 aliphatic rings. The van der Waals surface area contributed by atoms with E-state index in [0.717, 1.165) is 11.4 Å². The number of nitrogens with one attached hydrogen (secondary N) is 1. The lowest BCUT2D eigenvalue weighted by atomic mass is 10.1. The molecule has 1 aromatic carbocycles. The Kier molecular flexibility index (Phi) is 3.00. The van der Waals surface area contributed by atoms with E-state index >= 15 is 0 Å². The summed E-state index contributed by atoms with van der Waals surface area (Å²) in [6, 6.07) is 7.77. The number of anilines is 1. The zero-order valence-corrected chi connectivity index (χ0v) is 10.9. The lowest BCUT2D eigenvalue weighted by Crippen LogP contribution is -2.10. The Bertz CT molecular complexity index is 710. The quantitative estimate of drug-likeness (QED) is 0.794. The Morgan fingerprint density at radius 1 is 1.32 bits per heavy atom. The van der Waals surface area contributed by atoms with Crippen LogP contribution in [0, 0.1) is 0 Å². The van der Waals surface area contributed by atoms with Crippen molar-refractivity contribution in [3.05, 3.63) is 47.2 Å². The van der Waals surface area contributed by atoms with E-state index < -0.39 is 0 Å². The van der Waals surface area contributed by atoms with Gasteiger partial charge >= 0.3 is 0 Å². The molecule has 96 valence electrons. The van der Waals surface area contributed by atoms with E-state index in [-0.39, 0.29) is 6.04 Å². The van der Waals surface area contributed by atoms with Gasteiger partial charge in [0, 0.05) is 5.02 Å². The summed E-state index contributed by atoms with van der Waals surface area (Å²) in [5.74, 6) is 0.731. The first-order valence-electron chi connectivity index (χ1n) is 5.78. The van der Waals surface area contributed by atoms with Gasteiger partial charge in [0.2, 0.25) is 0 Å². The van der Waals surface area contributed by atoms with Gasteiger partial charge in [0.05, 0.1) is 18.4 Å². The van der Waals surface area contributed by atoms with E-state index in [2.05, 4.69) is 25.8 Å². The number of nitrogens with zero attached hydrogens (tertiary/aromatic N) is 5. The molecule has 3 rings (SSSR count). The number of rotatable bonds is 3. The van der Waals surface area contributed by atoms with Gasteiger partial charge in [-0.05, 0) is 35.0 Å². The molecule has 6 nitrogen and oxygen atoms in total. The van der Waals surface area contributed by atoms with E-state index in [1.165, 1.54) is 0 Å². The third-order valence-electron chi connectivity index (χ3n) is 2.82. The predicted octanol–water partition coefficient (Wildman–Crippen LogP) is 2.35. The largest absolute Gasteiger partial charge is 0.362 e. The summed E-state index contributed by atoms with van der Waals surface area (Å²) >= 11 is 5.99. The van der Waals surface area contributed by atoms with Gasteiger partial charge in [0.15, 0.2) is 11.5 Å². The van der Waals surface area contributed by atoms with Crippen molar-refractivity contribution in [3.8, 4) is 0 Å². The van der Waals surface area contributed by atoms with Crippen LogP contribution in [0.1, 0.15) is 18.5 Å². The van der Waals surface area contributed by atoms with Gasteiger partial charge in [0.1, 0.15) is 0 Å². The fraction of sp³-hybridized carbons (Fsp3) is 0.167. The van der Waals surface area contributed by atoms with Crippen LogP contribution in [0.2, 0.25) is 5.02 Å². The molecule has 1 unspecified atom stereocenters. The van der Waals surface area contributed by atoms with Crippen LogP contribution >= 0.6 is 11.6 Å². The second-order valence-electron chi connectivity index (χ2n) is 4.16. The Hall–Kier alpha value is -2.21. The van der Waals surface area contributed by atoms with Crippen molar-refractivity contribution in [3.63, 3.8) is 0 Å². The average Bonchev–Trinajstić information content (AvgIpc) is 2.88. The normalized spacial score (nSPS) is 12.5. The van der Waals surface area contributed by atoms with Crippen molar-refractivity contribution >= 4 is 23.1 Å². The summed E-state index contributed by atoms with van der Waals surface area (Å²) < 4.78 is 1.61. The molecule has 7 heteroatoms. The monoisotopic (exact) mass is 274 g/mol. The van der Waals surface area contributed by atoms with Crippen molar-refractivity contribution in [1.82, 2.24) is 25.0 Å². The summed E-state index contributed by atoms with van der Waals surface area (Å²) in [6.45, 7) is 2.04. The Morgan fingerprint density at radius 3 is 3.05 bits per heavy atom. The molecular formula is C12H11ClN6. The average molecular weight is 275 g/mol. The van der Waals surface area contributed by atoms with Gasteiger partial charge in [-0.1, -0.05) is 23.7 Å². The molecule has 1 N–H and O–H groups in total. The highest BCUT2D eigenvalue weighted by atomic mass is 35.5. The van der Waals surface area contributed by atoms with Crippen LogP contribution in [-0.2, 0) is 0 Å². The number of aromatic nitrogens is 5. The highest BCUT2D eigenvalue weighted by Gasteiger charge is 2.09. The summed E-state index contributed by atoms with van der Waals surface area (Å²) in [5.41, 5.74) is 1.68. The molecule has 0 saturated heterocycles. The van der Waals surface area contributed by atoms with Crippen LogP contribution in [0.4, 0.5) is 5.82 Å². The minimum atomic E-state index is 0.0651. The zero-order chi connectivity index (χ0) is 13.2. The van der Waals surface area contributed by atoms with Crippen molar-refractivity contribution < 1.29 is 0 Å². The molecule has 0 aliphatic carbocycles. The number of tetrazole rings is 1. The first-order valence-corrected chi connectivity index (χ1v) is 6.16. The maximum Gasteiger partial charge on any atom is 0.199 e. The minimum absolute atomic E-state index is 0.0651. The molecule has 0 fully saturated rings. The standard InChI is InChI=1S/C12H11ClN6/c1-8(9-3-2-4-10(13)5-9)15-11-6-14-7-12-16-17-18-19(11)12/h2-8,15H,1H3. The van der Waals surface area contributed by atoms with Gasteiger partial charge in [-0.15, -0.1) is 5.10 Å². The van der Waals surface area contributed by atoms with Crippen LogP contribution in [0.15, 0.2) is 36.7 Å². The molecule has 19 heavy (non-hydrogen) atoms. The van der Waals surface area contributed by atoms with E-state index in [4.69, 9.17) is 11.6 Å². The third kappa shape index (κ3) is 2.34. The molecule has 0 spiro atoms.